The number of fused-ring (bicyclic) bond motifs is 2. The van der Waals surface area contributed by atoms with Crippen LogP contribution in [0.1, 0.15) is 60.9 Å². The first kappa shape index (κ1) is 22.1. The molecule has 1 N–H and O–H groups in total. The summed E-state index contributed by atoms with van der Waals surface area (Å²) in [5.41, 5.74) is 2.95. The van der Waals surface area contributed by atoms with Crippen molar-refractivity contribution in [3.05, 3.63) is 58.7 Å². The number of ketones is 1. The van der Waals surface area contributed by atoms with Gasteiger partial charge in [0.25, 0.3) is 0 Å². The monoisotopic (exact) mass is 461 g/mol. The third-order valence-electron chi connectivity index (χ3n) is 6.76. The number of likely N-dealkylation sites (tertiary alicyclic amines) is 1. The molecule has 1 aliphatic heterocycles. The van der Waals surface area contributed by atoms with Gasteiger partial charge in [0.15, 0.2) is 5.78 Å². The fourth-order valence-corrected chi connectivity index (χ4v) is 5.28. The van der Waals surface area contributed by atoms with Gasteiger partial charge in [0, 0.05) is 34.7 Å². The Morgan fingerprint density at radius 2 is 1.85 bits per heavy atom. The zero-order valence-electron chi connectivity index (χ0n) is 18.7. The van der Waals surface area contributed by atoms with Crippen LogP contribution in [-0.4, -0.2) is 41.2 Å². The molecule has 1 aromatic heterocycles. The predicted octanol–water partition coefficient (Wildman–Crippen LogP) is 6.08. The Labute approximate surface area is 199 Å². The van der Waals surface area contributed by atoms with Gasteiger partial charge in [-0.2, -0.15) is 0 Å². The average molecular weight is 462 g/mol. The van der Waals surface area contributed by atoms with Gasteiger partial charge in [-0.05, 0) is 68.9 Å². The lowest BCUT2D eigenvalue weighted by atomic mass is 9.85. The van der Waals surface area contributed by atoms with Gasteiger partial charge in [-0.25, -0.2) is 0 Å². The average Bonchev–Trinajstić information content (AvgIpc) is 2.84. The zero-order valence-corrected chi connectivity index (χ0v) is 19.5. The highest BCUT2D eigenvalue weighted by atomic mass is 35.5. The topological polar surface area (TPSA) is 62.3 Å². The molecule has 0 radical (unpaired) electrons. The van der Waals surface area contributed by atoms with Gasteiger partial charge in [-0.1, -0.05) is 42.6 Å². The van der Waals surface area contributed by atoms with E-state index >= 15 is 0 Å². The van der Waals surface area contributed by atoms with E-state index < -0.39 is 0 Å². The van der Waals surface area contributed by atoms with E-state index in [1.165, 1.54) is 32.4 Å². The molecule has 2 aliphatic rings. The number of nitrogens with one attached hydrogen (secondary N) is 1. The second-order valence-corrected chi connectivity index (χ2v) is 9.41. The second-order valence-electron chi connectivity index (χ2n) is 9.00. The van der Waals surface area contributed by atoms with Crippen LogP contribution in [0.25, 0.3) is 22.0 Å². The quantitative estimate of drug-likeness (QED) is 0.338. The molecule has 1 aliphatic carbocycles. The maximum atomic E-state index is 13.2. The minimum absolute atomic E-state index is 0.0685. The van der Waals surface area contributed by atoms with Crippen molar-refractivity contribution >= 4 is 39.8 Å². The summed E-state index contributed by atoms with van der Waals surface area (Å²) in [7, 11) is 0. The van der Waals surface area contributed by atoms with Crippen LogP contribution in [0.15, 0.2) is 42.6 Å². The van der Waals surface area contributed by atoms with Crippen molar-refractivity contribution in [3.63, 3.8) is 0 Å². The van der Waals surface area contributed by atoms with Crippen LogP contribution < -0.4 is 5.32 Å². The number of amides is 1. The fourth-order valence-electron chi connectivity index (χ4n) is 5.07. The van der Waals surface area contributed by atoms with E-state index in [1.54, 1.807) is 18.3 Å². The molecule has 0 saturated carbocycles. The number of rotatable bonds is 7. The van der Waals surface area contributed by atoms with E-state index in [-0.39, 0.29) is 11.7 Å². The third kappa shape index (κ3) is 4.40. The summed E-state index contributed by atoms with van der Waals surface area (Å²) in [6.45, 7) is 3.54. The molecule has 170 valence electrons. The normalized spacial score (nSPS) is 15.5. The van der Waals surface area contributed by atoms with E-state index in [4.69, 9.17) is 11.6 Å². The van der Waals surface area contributed by atoms with Crippen molar-refractivity contribution in [2.75, 3.05) is 25.0 Å². The van der Waals surface area contributed by atoms with Crippen molar-refractivity contribution in [2.24, 2.45) is 0 Å². The number of carbonyl (C=O) groups excluding carboxylic acids is 2. The summed E-state index contributed by atoms with van der Waals surface area (Å²) >= 11 is 6.53. The Morgan fingerprint density at radius 1 is 1.00 bits per heavy atom. The predicted molar refractivity (Wildman–Crippen MR) is 133 cm³/mol. The molecule has 0 spiro atoms. The van der Waals surface area contributed by atoms with E-state index in [2.05, 4.69) is 15.2 Å². The van der Waals surface area contributed by atoms with Crippen LogP contribution in [0.3, 0.4) is 0 Å². The van der Waals surface area contributed by atoms with Crippen LogP contribution in [0.2, 0.25) is 5.02 Å². The van der Waals surface area contributed by atoms with E-state index in [9.17, 15) is 9.59 Å². The maximum absolute atomic E-state index is 13.2. The number of hydrogen-bond acceptors (Lipinski definition) is 4. The summed E-state index contributed by atoms with van der Waals surface area (Å²) in [5, 5.41) is 5.17. The number of nitrogens with zero attached hydrogens (tertiary/aromatic N) is 2. The van der Waals surface area contributed by atoms with Gasteiger partial charge < -0.3 is 10.2 Å². The fraction of sp³-hybridized carbons (Fsp3) is 0.370. The van der Waals surface area contributed by atoms with Crippen LogP contribution >= 0.6 is 11.6 Å². The van der Waals surface area contributed by atoms with Crippen LogP contribution in [0.5, 0.6) is 0 Å². The second kappa shape index (κ2) is 9.62. The number of anilines is 1. The molecule has 1 fully saturated rings. The van der Waals surface area contributed by atoms with Crippen LogP contribution in [0.4, 0.5) is 5.69 Å². The lowest BCUT2D eigenvalue weighted by Crippen LogP contribution is -2.30. The summed E-state index contributed by atoms with van der Waals surface area (Å²) in [5.74, 6) is -0.150. The van der Waals surface area contributed by atoms with E-state index in [0.717, 1.165) is 36.6 Å². The number of hydrogen-bond donors (Lipinski definition) is 1. The first-order valence-corrected chi connectivity index (χ1v) is 12.3. The molecule has 2 heterocycles. The number of unbranched alkanes of at least 4 members (excludes halogenated alkanes) is 2. The SMILES string of the molecule is O=C(CCCCCN1CCCCC1)Nc1c(Cl)ccc2c1-c1nccc3cccc(c13)C2=O. The van der Waals surface area contributed by atoms with Crippen molar-refractivity contribution < 1.29 is 9.59 Å². The number of piperidine rings is 1. The van der Waals surface area contributed by atoms with Crippen molar-refractivity contribution in [3.8, 4) is 11.3 Å². The van der Waals surface area contributed by atoms with Crippen molar-refractivity contribution in [1.29, 1.82) is 0 Å². The Kier molecular flexibility index (Phi) is 6.43. The molecule has 5 nitrogen and oxygen atoms in total. The van der Waals surface area contributed by atoms with Crippen molar-refractivity contribution in [1.82, 2.24) is 9.88 Å². The highest BCUT2D eigenvalue weighted by Crippen LogP contribution is 2.44. The number of pyridine rings is 1. The van der Waals surface area contributed by atoms with Gasteiger partial charge in [-0.15, -0.1) is 0 Å². The smallest absolute Gasteiger partial charge is 0.224 e. The first-order valence-electron chi connectivity index (χ1n) is 11.9. The minimum atomic E-state index is -0.0817. The molecule has 5 rings (SSSR count). The largest absolute Gasteiger partial charge is 0.324 e. The Bertz CT molecular complexity index is 1210. The third-order valence-corrected chi connectivity index (χ3v) is 7.08. The summed E-state index contributed by atoms with van der Waals surface area (Å²) < 4.78 is 0. The molecule has 3 aromatic rings. The van der Waals surface area contributed by atoms with Crippen LogP contribution in [-0.2, 0) is 4.79 Å². The summed E-state index contributed by atoms with van der Waals surface area (Å²) in [6.07, 6.45) is 9.10. The van der Waals surface area contributed by atoms with E-state index in [1.807, 2.05) is 24.3 Å². The van der Waals surface area contributed by atoms with E-state index in [0.29, 0.717) is 39.5 Å². The molecule has 1 saturated heterocycles. The van der Waals surface area contributed by atoms with Gasteiger partial charge in [-0.3, -0.25) is 14.6 Å². The Morgan fingerprint density at radius 3 is 2.70 bits per heavy atom. The standard InChI is InChI=1S/C27H28ClN3O2/c28-21-12-11-20-24(26-23-18(13-14-29-26)8-7-9-19(23)27(20)33)25(21)30-22(32)10-3-1-4-15-31-16-5-2-6-17-31/h7-9,11-14H,1-6,10,15-17H2,(H,30,32). The number of halogens is 1. The first-order chi connectivity index (χ1) is 16.1. The van der Waals surface area contributed by atoms with Crippen LogP contribution in [0, 0.1) is 0 Å². The molecular formula is C27H28ClN3O2. The molecule has 2 aromatic carbocycles. The Hall–Kier alpha value is -2.76. The Balaban J connectivity index is 1.31. The highest BCUT2D eigenvalue weighted by molar-refractivity contribution is 6.36. The molecule has 1 amide bonds. The van der Waals surface area contributed by atoms with Gasteiger partial charge in [0.1, 0.15) is 0 Å². The molecule has 33 heavy (non-hydrogen) atoms. The lowest BCUT2D eigenvalue weighted by Gasteiger charge is -2.26. The van der Waals surface area contributed by atoms with Crippen molar-refractivity contribution in [2.45, 2.75) is 44.9 Å². The molecular weight excluding hydrogens is 434 g/mol. The lowest BCUT2D eigenvalue weighted by molar-refractivity contribution is -0.116. The maximum Gasteiger partial charge on any atom is 0.224 e. The van der Waals surface area contributed by atoms with Gasteiger partial charge in [0.2, 0.25) is 5.91 Å². The summed E-state index contributed by atoms with van der Waals surface area (Å²) in [4.78, 5) is 33.1. The van der Waals surface area contributed by atoms with Gasteiger partial charge >= 0.3 is 0 Å². The molecule has 0 unspecified atom stereocenters. The molecule has 0 atom stereocenters. The zero-order chi connectivity index (χ0) is 22.8. The molecule has 6 heteroatoms. The number of carbonyl (C=O) groups is 2. The van der Waals surface area contributed by atoms with Gasteiger partial charge in [0.05, 0.1) is 16.4 Å². The summed E-state index contributed by atoms with van der Waals surface area (Å²) in [6, 6.07) is 11.0. The number of benzene rings is 2. The minimum Gasteiger partial charge on any atom is -0.324 e. The number of aromatic nitrogens is 1. The molecule has 0 bridgehead atoms. The highest BCUT2D eigenvalue weighted by Gasteiger charge is 2.29.